The molecule has 2 heteroatoms. The lowest BCUT2D eigenvalue weighted by atomic mass is 9.84. The van der Waals surface area contributed by atoms with E-state index in [1.165, 1.54) is 0 Å². The van der Waals surface area contributed by atoms with Crippen molar-refractivity contribution in [2.45, 2.75) is 33.3 Å². The third-order valence-electron chi connectivity index (χ3n) is 2.57. The molecule has 0 aromatic heterocycles. The molecule has 2 nitrogen and oxygen atoms in total. The van der Waals surface area contributed by atoms with Crippen LogP contribution in [0.5, 0.6) is 0 Å². The molecule has 0 N–H and O–H groups in total. The van der Waals surface area contributed by atoms with Crippen LogP contribution in [0.2, 0.25) is 0 Å². The summed E-state index contributed by atoms with van der Waals surface area (Å²) in [5.41, 5.74) is 0.573. The molecule has 0 radical (unpaired) electrons. The average molecular weight is 220 g/mol. The molecule has 0 bridgehead atoms. The van der Waals surface area contributed by atoms with Crippen molar-refractivity contribution in [1.82, 2.24) is 0 Å². The van der Waals surface area contributed by atoms with Crippen LogP contribution in [0.3, 0.4) is 0 Å². The van der Waals surface area contributed by atoms with E-state index in [0.717, 1.165) is 18.3 Å². The Morgan fingerprint density at radius 1 is 1.31 bits per heavy atom. The van der Waals surface area contributed by atoms with Gasteiger partial charge in [-0.2, -0.15) is 0 Å². The van der Waals surface area contributed by atoms with E-state index in [4.69, 9.17) is 4.74 Å². The molecule has 0 spiro atoms. The number of aldehydes is 1. The topological polar surface area (TPSA) is 26.3 Å². The van der Waals surface area contributed by atoms with Crippen molar-refractivity contribution in [2.75, 3.05) is 6.61 Å². The van der Waals surface area contributed by atoms with E-state index in [2.05, 4.69) is 6.92 Å². The first-order chi connectivity index (χ1) is 7.61. The van der Waals surface area contributed by atoms with Crippen LogP contribution in [-0.2, 0) is 9.53 Å². The van der Waals surface area contributed by atoms with Crippen LogP contribution in [-0.4, -0.2) is 12.9 Å². The fourth-order valence-corrected chi connectivity index (χ4v) is 1.67. The standard InChI is InChI=1S/C14H20O2/c1-4-10-16-13(14(2,3)11-15)12-8-6-5-7-9-12/h5-9,11,13H,4,10H2,1-3H3. The normalized spacial score (nSPS) is 13.4. The van der Waals surface area contributed by atoms with E-state index >= 15 is 0 Å². The maximum absolute atomic E-state index is 11.1. The number of carbonyl (C=O) groups excluding carboxylic acids is 1. The van der Waals surface area contributed by atoms with E-state index < -0.39 is 5.41 Å². The minimum absolute atomic E-state index is 0.161. The summed E-state index contributed by atoms with van der Waals surface area (Å²) in [4.78, 5) is 11.1. The maximum atomic E-state index is 11.1. The van der Waals surface area contributed by atoms with Crippen LogP contribution in [0, 0.1) is 5.41 Å². The van der Waals surface area contributed by atoms with Gasteiger partial charge in [-0.25, -0.2) is 0 Å². The van der Waals surface area contributed by atoms with Gasteiger partial charge < -0.3 is 9.53 Å². The Balaban J connectivity index is 2.92. The summed E-state index contributed by atoms with van der Waals surface area (Å²) < 4.78 is 5.80. The Morgan fingerprint density at radius 3 is 2.44 bits per heavy atom. The molecule has 1 rings (SSSR count). The highest BCUT2D eigenvalue weighted by Gasteiger charge is 2.31. The summed E-state index contributed by atoms with van der Waals surface area (Å²) in [6.07, 6.45) is 1.77. The first kappa shape index (κ1) is 12.9. The summed E-state index contributed by atoms with van der Waals surface area (Å²) >= 11 is 0. The first-order valence-corrected chi connectivity index (χ1v) is 5.74. The van der Waals surface area contributed by atoms with Crippen molar-refractivity contribution >= 4 is 6.29 Å². The van der Waals surface area contributed by atoms with Crippen LogP contribution in [0.15, 0.2) is 30.3 Å². The molecule has 0 aliphatic carbocycles. The Hall–Kier alpha value is -1.15. The monoisotopic (exact) mass is 220 g/mol. The molecule has 1 atom stereocenters. The second-order valence-electron chi connectivity index (χ2n) is 4.60. The van der Waals surface area contributed by atoms with Crippen LogP contribution in [0.1, 0.15) is 38.9 Å². The molecule has 0 aliphatic heterocycles. The predicted molar refractivity (Wildman–Crippen MR) is 65.3 cm³/mol. The van der Waals surface area contributed by atoms with E-state index in [9.17, 15) is 4.79 Å². The number of rotatable bonds is 6. The molecule has 0 heterocycles. The van der Waals surface area contributed by atoms with Crippen molar-refractivity contribution < 1.29 is 9.53 Å². The fourth-order valence-electron chi connectivity index (χ4n) is 1.67. The number of carbonyl (C=O) groups is 1. The zero-order valence-corrected chi connectivity index (χ0v) is 10.3. The molecular formula is C14H20O2. The largest absolute Gasteiger partial charge is 0.373 e. The van der Waals surface area contributed by atoms with Crippen LogP contribution < -0.4 is 0 Å². The maximum Gasteiger partial charge on any atom is 0.128 e. The molecule has 1 aromatic rings. The van der Waals surface area contributed by atoms with E-state index in [0.29, 0.717) is 6.61 Å². The Labute approximate surface area is 97.6 Å². The summed E-state index contributed by atoms with van der Waals surface area (Å²) in [5.74, 6) is 0. The smallest absolute Gasteiger partial charge is 0.128 e. The average Bonchev–Trinajstić information content (AvgIpc) is 2.31. The van der Waals surface area contributed by atoms with Crippen molar-refractivity contribution in [3.05, 3.63) is 35.9 Å². The van der Waals surface area contributed by atoms with E-state index in [1.807, 2.05) is 44.2 Å². The van der Waals surface area contributed by atoms with Gasteiger partial charge >= 0.3 is 0 Å². The van der Waals surface area contributed by atoms with Crippen LogP contribution in [0.25, 0.3) is 0 Å². The zero-order chi connectivity index (χ0) is 12.0. The third kappa shape index (κ3) is 3.17. The molecule has 88 valence electrons. The zero-order valence-electron chi connectivity index (χ0n) is 10.3. The van der Waals surface area contributed by atoms with Gasteiger partial charge in [0.25, 0.3) is 0 Å². The number of benzene rings is 1. The quantitative estimate of drug-likeness (QED) is 0.687. The molecule has 0 saturated carbocycles. The molecular weight excluding hydrogens is 200 g/mol. The molecule has 0 saturated heterocycles. The van der Waals surface area contributed by atoms with Gasteiger partial charge in [0.15, 0.2) is 0 Å². The van der Waals surface area contributed by atoms with E-state index in [-0.39, 0.29) is 6.10 Å². The van der Waals surface area contributed by atoms with Crippen molar-refractivity contribution in [2.24, 2.45) is 5.41 Å². The van der Waals surface area contributed by atoms with Crippen molar-refractivity contribution in [3.63, 3.8) is 0 Å². The Morgan fingerprint density at radius 2 is 1.94 bits per heavy atom. The highest BCUT2D eigenvalue weighted by molar-refractivity contribution is 5.59. The third-order valence-corrected chi connectivity index (χ3v) is 2.57. The number of hydrogen-bond acceptors (Lipinski definition) is 2. The minimum Gasteiger partial charge on any atom is -0.373 e. The van der Waals surface area contributed by atoms with Crippen LogP contribution >= 0.6 is 0 Å². The SMILES string of the molecule is CCCOC(c1ccccc1)C(C)(C)C=O. The number of hydrogen-bond donors (Lipinski definition) is 0. The van der Waals surface area contributed by atoms with Gasteiger partial charge in [-0.3, -0.25) is 0 Å². The second kappa shape index (κ2) is 5.80. The molecule has 1 aromatic carbocycles. The predicted octanol–water partition coefficient (Wildman–Crippen LogP) is 3.38. The Kier molecular flexibility index (Phi) is 4.69. The lowest BCUT2D eigenvalue weighted by Crippen LogP contribution is -2.26. The van der Waals surface area contributed by atoms with Crippen molar-refractivity contribution in [3.8, 4) is 0 Å². The summed E-state index contributed by atoms with van der Waals surface area (Å²) in [6, 6.07) is 9.92. The molecule has 0 aliphatic rings. The molecule has 0 fully saturated rings. The lowest BCUT2D eigenvalue weighted by Gasteiger charge is -2.29. The molecule has 1 unspecified atom stereocenters. The number of ether oxygens (including phenoxy) is 1. The summed E-state index contributed by atoms with van der Waals surface area (Å²) in [7, 11) is 0. The summed E-state index contributed by atoms with van der Waals surface area (Å²) in [6.45, 7) is 6.56. The fraction of sp³-hybridized carbons (Fsp3) is 0.500. The van der Waals surface area contributed by atoms with Gasteiger partial charge in [0.05, 0.1) is 11.5 Å². The van der Waals surface area contributed by atoms with E-state index in [1.54, 1.807) is 0 Å². The van der Waals surface area contributed by atoms with Crippen LogP contribution in [0.4, 0.5) is 0 Å². The lowest BCUT2D eigenvalue weighted by molar-refractivity contribution is -0.123. The first-order valence-electron chi connectivity index (χ1n) is 5.74. The van der Waals surface area contributed by atoms with Gasteiger partial charge in [0.2, 0.25) is 0 Å². The molecule has 16 heavy (non-hydrogen) atoms. The minimum atomic E-state index is -0.490. The van der Waals surface area contributed by atoms with Gasteiger partial charge in [-0.05, 0) is 12.0 Å². The molecule has 0 amide bonds. The Bertz CT molecular complexity index is 317. The van der Waals surface area contributed by atoms with Gasteiger partial charge in [0.1, 0.15) is 6.29 Å². The second-order valence-corrected chi connectivity index (χ2v) is 4.60. The highest BCUT2D eigenvalue weighted by Crippen LogP contribution is 2.34. The highest BCUT2D eigenvalue weighted by atomic mass is 16.5. The summed E-state index contributed by atoms with van der Waals surface area (Å²) in [5, 5.41) is 0. The van der Waals surface area contributed by atoms with Gasteiger partial charge in [-0.1, -0.05) is 51.1 Å². The van der Waals surface area contributed by atoms with Gasteiger partial charge in [0, 0.05) is 6.61 Å². The van der Waals surface area contributed by atoms with Gasteiger partial charge in [-0.15, -0.1) is 0 Å². The van der Waals surface area contributed by atoms with Crippen molar-refractivity contribution in [1.29, 1.82) is 0 Å².